The van der Waals surface area contributed by atoms with Gasteiger partial charge in [0.15, 0.2) is 10.9 Å². The van der Waals surface area contributed by atoms with Crippen molar-refractivity contribution in [2.75, 3.05) is 11.9 Å². The summed E-state index contributed by atoms with van der Waals surface area (Å²) in [7, 11) is 0. The fraction of sp³-hybridized carbons (Fsp3) is 0.304. The van der Waals surface area contributed by atoms with Gasteiger partial charge < -0.3 is 19.6 Å². The van der Waals surface area contributed by atoms with Crippen LogP contribution in [0.1, 0.15) is 46.7 Å². The number of rotatable bonds is 7. The number of carbonyl (C=O) groups excluding carboxylic acids is 1. The molecule has 2 heterocycles. The molecule has 0 aliphatic heterocycles. The molecule has 0 radical (unpaired) electrons. The molecule has 4 rings (SSSR count). The minimum absolute atomic E-state index is 0.198. The van der Waals surface area contributed by atoms with Crippen LogP contribution in [0.15, 0.2) is 58.6 Å². The van der Waals surface area contributed by atoms with Gasteiger partial charge in [-0.25, -0.2) is 4.98 Å². The van der Waals surface area contributed by atoms with E-state index < -0.39 is 0 Å². The van der Waals surface area contributed by atoms with Gasteiger partial charge in [-0.2, -0.15) is 5.10 Å². The molecule has 0 unspecified atom stereocenters. The molecule has 2 aromatic heterocycles. The van der Waals surface area contributed by atoms with E-state index >= 15 is 0 Å². The molecule has 0 saturated carbocycles. The Balaban J connectivity index is 1.38. The highest BCUT2D eigenvalue weighted by Gasteiger charge is 2.27. The Morgan fingerprint density at radius 1 is 1.28 bits per heavy atom. The van der Waals surface area contributed by atoms with Gasteiger partial charge in [0.2, 0.25) is 0 Å². The molecule has 1 amide bonds. The van der Waals surface area contributed by atoms with E-state index in [1.54, 1.807) is 12.5 Å². The average Bonchev–Trinajstić information content (AvgIpc) is 3.44. The second-order valence-electron chi connectivity index (χ2n) is 7.61. The summed E-state index contributed by atoms with van der Waals surface area (Å²) < 4.78 is 7.93. The summed E-state index contributed by atoms with van der Waals surface area (Å²) in [4.78, 5) is 16.7. The van der Waals surface area contributed by atoms with Crippen molar-refractivity contribution in [3.05, 3.63) is 71.7 Å². The van der Waals surface area contributed by atoms with Gasteiger partial charge >= 0.3 is 0 Å². The molecule has 0 bridgehead atoms. The van der Waals surface area contributed by atoms with Crippen molar-refractivity contribution in [2.45, 2.75) is 39.2 Å². The molecule has 1 aromatic carbocycles. The molecule has 8 nitrogen and oxygen atoms in total. The lowest BCUT2D eigenvalue weighted by molar-refractivity contribution is 0.0922. The summed E-state index contributed by atoms with van der Waals surface area (Å²) in [5.41, 5.74) is 6.39. The first kappa shape index (κ1) is 21.8. The molecule has 9 heteroatoms. The van der Waals surface area contributed by atoms with Crippen molar-refractivity contribution >= 4 is 34.6 Å². The van der Waals surface area contributed by atoms with Crippen molar-refractivity contribution in [1.29, 1.82) is 0 Å². The van der Waals surface area contributed by atoms with Crippen LogP contribution in [-0.2, 0) is 13.0 Å². The lowest BCUT2D eigenvalue weighted by Crippen LogP contribution is -2.26. The van der Waals surface area contributed by atoms with Gasteiger partial charge in [0.05, 0.1) is 12.0 Å². The molecular weight excluding hydrogens is 424 g/mol. The second kappa shape index (κ2) is 10.2. The lowest BCUT2D eigenvalue weighted by Gasteiger charge is -2.14. The predicted octanol–water partition coefficient (Wildman–Crippen LogP) is 3.63. The molecule has 0 spiro atoms. The van der Waals surface area contributed by atoms with E-state index in [4.69, 9.17) is 16.6 Å². The number of para-hydroxylation sites is 1. The van der Waals surface area contributed by atoms with Crippen molar-refractivity contribution in [3.63, 3.8) is 0 Å². The van der Waals surface area contributed by atoms with Gasteiger partial charge in [0, 0.05) is 48.7 Å². The maximum Gasteiger partial charge on any atom is 0.287 e. The van der Waals surface area contributed by atoms with Gasteiger partial charge in [-0.15, -0.1) is 0 Å². The summed E-state index contributed by atoms with van der Waals surface area (Å²) >= 11 is 5.35. The monoisotopic (exact) mass is 450 g/mol. The summed E-state index contributed by atoms with van der Waals surface area (Å²) in [5, 5.41) is 11.0. The number of amides is 1. The van der Waals surface area contributed by atoms with Gasteiger partial charge in [0.25, 0.3) is 5.91 Å². The third-order valence-corrected chi connectivity index (χ3v) is 5.49. The third-order valence-electron chi connectivity index (χ3n) is 5.29. The molecule has 0 atom stereocenters. The average molecular weight is 451 g/mol. The van der Waals surface area contributed by atoms with Crippen LogP contribution in [0.4, 0.5) is 5.69 Å². The number of fused-ring (bicyclic) bond motifs is 1. The van der Waals surface area contributed by atoms with Crippen molar-refractivity contribution in [3.8, 4) is 0 Å². The number of carbonyl (C=O) groups is 1. The van der Waals surface area contributed by atoms with E-state index in [1.165, 1.54) is 0 Å². The standard InChI is InChI=1S/C23H26N6O2S/c1-16-20-18(27-28-23(32)26-17-7-3-2-4-8-17)9-5-10-19(20)31-21(16)22(30)25-11-6-13-29-14-12-24-15-29/h2-4,7-8,12,14-15H,5-6,9-11,13H2,1H3,(H,25,30)(H2,26,28,32)/b27-18+. The highest BCUT2D eigenvalue weighted by Crippen LogP contribution is 2.29. The summed E-state index contributed by atoms with van der Waals surface area (Å²) in [6, 6.07) is 9.67. The number of benzene rings is 1. The number of hydrogen-bond acceptors (Lipinski definition) is 5. The Kier molecular flexibility index (Phi) is 6.96. The van der Waals surface area contributed by atoms with Crippen LogP contribution >= 0.6 is 12.2 Å². The molecule has 0 saturated heterocycles. The lowest BCUT2D eigenvalue weighted by atomic mass is 9.93. The highest BCUT2D eigenvalue weighted by molar-refractivity contribution is 7.80. The van der Waals surface area contributed by atoms with Crippen molar-refractivity contribution in [2.24, 2.45) is 5.10 Å². The molecule has 3 N–H and O–H groups in total. The maximum atomic E-state index is 12.7. The van der Waals surface area contributed by atoms with E-state index in [9.17, 15) is 4.79 Å². The minimum Gasteiger partial charge on any atom is -0.455 e. The Labute approximate surface area is 192 Å². The molecule has 3 aromatic rings. The zero-order chi connectivity index (χ0) is 22.3. The Morgan fingerprint density at radius 3 is 2.91 bits per heavy atom. The quantitative estimate of drug-likeness (QED) is 0.289. The molecule has 1 aliphatic carbocycles. The normalized spacial score (nSPS) is 14.1. The van der Waals surface area contributed by atoms with Crippen molar-refractivity contribution in [1.82, 2.24) is 20.3 Å². The van der Waals surface area contributed by atoms with Gasteiger partial charge in [-0.1, -0.05) is 18.2 Å². The fourth-order valence-corrected chi connectivity index (χ4v) is 3.92. The number of thiocarbonyl (C=S) groups is 1. The zero-order valence-electron chi connectivity index (χ0n) is 17.9. The number of nitrogens with one attached hydrogen (secondary N) is 3. The Hall–Kier alpha value is -3.46. The van der Waals surface area contributed by atoms with Crippen LogP contribution in [0, 0.1) is 6.92 Å². The Morgan fingerprint density at radius 2 is 2.12 bits per heavy atom. The number of hydrazone groups is 1. The van der Waals surface area contributed by atoms with E-state index in [0.717, 1.165) is 60.5 Å². The van der Waals surface area contributed by atoms with Gasteiger partial charge in [-0.3, -0.25) is 10.2 Å². The first-order chi connectivity index (χ1) is 15.6. The highest BCUT2D eigenvalue weighted by atomic mass is 32.1. The summed E-state index contributed by atoms with van der Waals surface area (Å²) in [6.07, 6.45) is 8.71. The zero-order valence-corrected chi connectivity index (χ0v) is 18.7. The topological polar surface area (TPSA) is 96.5 Å². The molecule has 0 fully saturated rings. The van der Waals surface area contributed by atoms with Crippen molar-refractivity contribution < 1.29 is 9.21 Å². The number of nitrogens with zero attached hydrogens (tertiary/aromatic N) is 3. The molecular formula is C23H26N6O2S. The fourth-order valence-electron chi connectivity index (χ4n) is 3.76. The van der Waals surface area contributed by atoms with Gasteiger partial charge in [0.1, 0.15) is 5.76 Å². The SMILES string of the molecule is Cc1c(C(=O)NCCCn2ccnc2)oc2c1/C(=N/NC(=S)Nc1ccccc1)CCC2. The van der Waals surface area contributed by atoms with E-state index in [1.807, 2.05) is 48.0 Å². The molecule has 166 valence electrons. The van der Waals surface area contributed by atoms with Gasteiger partial charge in [-0.05, 0) is 50.5 Å². The number of anilines is 1. The number of furan rings is 1. The number of imidazole rings is 1. The molecule has 1 aliphatic rings. The van der Waals surface area contributed by atoms with E-state index in [2.05, 4.69) is 26.1 Å². The number of aromatic nitrogens is 2. The summed E-state index contributed by atoms with van der Waals surface area (Å²) in [6.45, 7) is 3.27. The van der Waals surface area contributed by atoms with Crippen LogP contribution in [-0.4, -0.2) is 32.8 Å². The number of aryl methyl sites for hydroxylation is 2. The van der Waals surface area contributed by atoms with E-state index in [-0.39, 0.29) is 5.91 Å². The Bertz CT molecular complexity index is 1110. The first-order valence-electron chi connectivity index (χ1n) is 10.7. The minimum atomic E-state index is -0.198. The largest absolute Gasteiger partial charge is 0.455 e. The van der Waals surface area contributed by atoms with Crippen LogP contribution in [0.3, 0.4) is 0 Å². The second-order valence-corrected chi connectivity index (χ2v) is 8.02. The van der Waals surface area contributed by atoms with E-state index in [0.29, 0.717) is 17.4 Å². The van der Waals surface area contributed by atoms with Crippen LogP contribution in [0.5, 0.6) is 0 Å². The van der Waals surface area contributed by atoms with Crippen LogP contribution in [0.2, 0.25) is 0 Å². The summed E-state index contributed by atoms with van der Waals surface area (Å²) in [5.74, 6) is 0.966. The molecule has 32 heavy (non-hydrogen) atoms. The number of hydrogen-bond donors (Lipinski definition) is 3. The van der Waals surface area contributed by atoms with Crippen LogP contribution < -0.4 is 16.1 Å². The first-order valence-corrected chi connectivity index (χ1v) is 11.1. The smallest absolute Gasteiger partial charge is 0.287 e. The maximum absolute atomic E-state index is 12.7. The van der Waals surface area contributed by atoms with Crippen LogP contribution in [0.25, 0.3) is 0 Å². The third kappa shape index (κ3) is 5.23. The predicted molar refractivity (Wildman–Crippen MR) is 128 cm³/mol.